The van der Waals surface area contributed by atoms with Crippen molar-refractivity contribution in [1.82, 2.24) is 5.32 Å². The molecular formula is C16H16Br2FN. The van der Waals surface area contributed by atoms with Gasteiger partial charge in [-0.1, -0.05) is 44.0 Å². The van der Waals surface area contributed by atoms with Crippen LogP contribution >= 0.6 is 31.9 Å². The number of rotatable bonds is 5. The molecule has 2 aromatic rings. The molecule has 4 heteroatoms. The van der Waals surface area contributed by atoms with Crippen LogP contribution in [0.4, 0.5) is 4.39 Å². The van der Waals surface area contributed by atoms with E-state index in [-0.39, 0.29) is 11.9 Å². The SMILES string of the molecule is CNC(Cc1ccc(Br)cc1)Cc1cc(Br)ccc1F. The molecule has 1 unspecified atom stereocenters. The lowest BCUT2D eigenvalue weighted by Crippen LogP contribution is -2.30. The lowest BCUT2D eigenvalue weighted by molar-refractivity contribution is 0.532. The number of likely N-dealkylation sites (N-methyl/N-ethyl adjacent to an activating group) is 1. The topological polar surface area (TPSA) is 12.0 Å². The molecule has 1 nitrogen and oxygen atoms in total. The van der Waals surface area contributed by atoms with E-state index in [2.05, 4.69) is 49.3 Å². The molecule has 0 fully saturated rings. The predicted octanol–water partition coefficient (Wildman–Crippen LogP) is 4.72. The second-order valence-electron chi connectivity index (χ2n) is 4.76. The highest BCUT2D eigenvalue weighted by atomic mass is 79.9. The second kappa shape index (κ2) is 7.34. The Labute approximate surface area is 135 Å². The van der Waals surface area contributed by atoms with Gasteiger partial charge in [-0.05, 0) is 61.3 Å². The first-order valence-electron chi connectivity index (χ1n) is 6.44. The Balaban J connectivity index is 2.08. The molecule has 20 heavy (non-hydrogen) atoms. The summed E-state index contributed by atoms with van der Waals surface area (Å²) in [5.41, 5.74) is 1.97. The zero-order valence-corrected chi connectivity index (χ0v) is 14.3. The number of hydrogen-bond donors (Lipinski definition) is 1. The van der Waals surface area contributed by atoms with Crippen molar-refractivity contribution in [2.24, 2.45) is 0 Å². The molecule has 0 amide bonds. The maximum absolute atomic E-state index is 13.8. The first-order valence-corrected chi connectivity index (χ1v) is 8.02. The third kappa shape index (κ3) is 4.40. The minimum absolute atomic E-state index is 0.149. The smallest absolute Gasteiger partial charge is 0.126 e. The van der Waals surface area contributed by atoms with E-state index in [1.165, 1.54) is 11.6 Å². The summed E-state index contributed by atoms with van der Waals surface area (Å²) in [6.45, 7) is 0. The first kappa shape index (κ1) is 15.7. The van der Waals surface area contributed by atoms with Gasteiger partial charge in [0.1, 0.15) is 5.82 Å². The van der Waals surface area contributed by atoms with Crippen molar-refractivity contribution in [2.45, 2.75) is 18.9 Å². The van der Waals surface area contributed by atoms with Gasteiger partial charge >= 0.3 is 0 Å². The molecule has 0 aliphatic carbocycles. The zero-order chi connectivity index (χ0) is 14.5. The fourth-order valence-electron chi connectivity index (χ4n) is 2.15. The van der Waals surface area contributed by atoms with Crippen molar-refractivity contribution in [3.63, 3.8) is 0 Å². The summed E-state index contributed by atoms with van der Waals surface area (Å²) >= 11 is 6.82. The minimum atomic E-state index is -0.149. The highest BCUT2D eigenvalue weighted by Crippen LogP contribution is 2.18. The summed E-state index contributed by atoms with van der Waals surface area (Å²) < 4.78 is 15.8. The molecule has 0 spiro atoms. The van der Waals surface area contributed by atoms with E-state index in [0.29, 0.717) is 6.42 Å². The van der Waals surface area contributed by atoms with Crippen LogP contribution in [0.5, 0.6) is 0 Å². The normalized spacial score (nSPS) is 12.4. The average molecular weight is 401 g/mol. The Kier molecular flexibility index (Phi) is 5.75. The molecule has 0 aliphatic heterocycles. The molecule has 0 aliphatic rings. The van der Waals surface area contributed by atoms with Crippen LogP contribution in [0.15, 0.2) is 51.4 Å². The van der Waals surface area contributed by atoms with Gasteiger partial charge < -0.3 is 5.32 Å². The third-order valence-electron chi connectivity index (χ3n) is 3.28. The van der Waals surface area contributed by atoms with Crippen molar-refractivity contribution >= 4 is 31.9 Å². The standard InChI is InChI=1S/C16H16Br2FN/c1-20-15(8-11-2-4-13(17)5-3-11)10-12-9-14(18)6-7-16(12)19/h2-7,9,15,20H,8,10H2,1H3. The Morgan fingerprint density at radius 2 is 1.65 bits per heavy atom. The Morgan fingerprint density at radius 1 is 1.00 bits per heavy atom. The quantitative estimate of drug-likeness (QED) is 0.765. The van der Waals surface area contributed by atoms with Crippen molar-refractivity contribution in [3.8, 4) is 0 Å². The first-order chi connectivity index (χ1) is 9.58. The van der Waals surface area contributed by atoms with Gasteiger partial charge in [-0.2, -0.15) is 0 Å². The van der Waals surface area contributed by atoms with E-state index < -0.39 is 0 Å². The van der Waals surface area contributed by atoms with Gasteiger partial charge in [0.2, 0.25) is 0 Å². The molecule has 0 saturated carbocycles. The lowest BCUT2D eigenvalue weighted by atomic mass is 9.99. The van der Waals surface area contributed by atoms with Crippen LogP contribution in [0.3, 0.4) is 0 Å². The van der Waals surface area contributed by atoms with Crippen LogP contribution in [0.2, 0.25) is 0 Å². The highest BCUT2D eigenvalue weighted by molar-refractivity contribution is 9.10. The van der Waals surface area contributed by atoms with E-state index in [1.807, 2.05) is 25.2 Å². The summed E-state index contributed by atoms with van der Waals surface area (Å²) in [6, 6.07) is 13.5. The Hall–Kier alpha value is -0.710. The van der Waals surface area contributed by atoms with Crippen molar-refractivity contribution < 1.29 is 4.39 Å². The molecule has 0 heterocycles. The van der Waals surface area contributed by atoms with Gasteiger partial charge in [-0.25, -0.2) is 4.39 Å². The molecule has 0 aromatic heterocycles. The highest BCUT2D eigenvalue weighted by Gasteiger charge is 2.12. The van der Waals surface area contributed by atoms with Crippen LogP contribution in [-0.2, 0) is 12.8 Å². The summed E-state index contributed by atoms with van der Waals surface area (Å²) in [6.07, 6.45) is 1.54. The van der Waals surface area contributed by atoms with Gasteiger partial charge in [0, 0.05) is 15.0 Å². The van der Waals surface area contributed by atoms with Gasteiger partial charge in [-0.15, -0.1) is 0 Å². The molecule has 1 N–H and O–H groups in total. The Bertz CT molecular complexity index is 569. The molecule has 0 bridgehead atoms. The fourth-order valence-corrected chi connectivity index (χ4v) is 2.82. The predicted molar refractivity (Wildman–Crippen MR) is 88.5 cm³/mol. The molecule has 0 saturated heterocycles. The molecule has 1 atom stereocenters. The van der Waals surface area contributed by atoms with Gasteiger partial charge in [-0.3, -0.25) is 0 Å². The number of halogens is 3. The van der Waals surface area contributed by atoms with E-state index in [9.17, 15) is 4.39 Å². The lowest BCUT2D eigenvalue weighted by Gasteiger charge is -2.17. The fraction of sp³-hybridized carbons (Fsp3) is 0.250. The summed E-state index contributed by atoms with van der Waals surface area (Å²) in [5, 5.41) is 3.27. The largest absolute Gasteiger partial charge is 0.316 e. The molecule has 2 rings (SSSR count). The zero-order valence-electron chi connectivity index (χ0n) is 11.2. The summed E-state index contributed by atoms with van der Waals surface area (Å²) in [5.74, 6) is -0.149. The van der Waals surface area contributed by atoms with Gasteiger partial charge in [0.15, 0.2) is 0 Å². The van der Waals surface area contributed by atoms with E-state index >= 15 is 0 Å². The van der Waals surface area contributed by atoms with Crippen molar-refractivity contribution in [3.05, 3.63) is 68.4 Å². The maximum Gasteiger partial charge on any atom is 0.126 e. The molecule has 0 radical (unpaired) electrons. The van der Waals surface area contributed by atoms with Crippen molar-refractivity contribution in [2.75, 3.05) is 7.05 Å². The summed E-state index contributed by atoms with van der Waals surface area (Å²) in [7, 11) is 1.92. The number of hydrogen-bond acceptors (Lipinski definition) is 1. The Morgan fingerprint density at radius 3 is 2.30 bits per heavy atom. The van der Waals surface area contributed by atoms with Crippen LogP contribution in [-0.4, -0.2) is 13.1 Å². The maximum atomic E-state index is 13.8. The van der Waals surface area contributed by atoms with Crippen LogP contribution < -0.4 is 5.32 Å². The van der Waals surface area contributed by atoms with E-state index in [1.54, 1.807) is 6.07 Å². The third-order valence-corrected chi connectivity index (χ3v) is 4.30. The average Bonchev–Trinajstić information content (AvgIpc) is 2.44. The molecule has 2 aromatic carbocycles. The van der Waals surface area contributed by atoms with Crippen LogP contribution in [0, 0.1) is 5.82 Å². The van der Waals surface area contributed by atoms with E-state index in [0.717, 1.165) is 20.9 Å². The number of nitrogens with one attached hydrogen (secondary N) is 1. The van der Waals surface area contributed by atoms with Crippen LogP contribution in [0.25, 0.3) is 0 Å². The van der Waals surface area contributed by atoms with E-state index in [4.69, 9.17) is 0 Å². The molecular weight excluding hydrogens is 385 g/mol. The summed E-state index contributed by atoms with van der Waals surface area (Å²) in [4.78, 5) is 0. The molecule has 106 valence electrons. The van der Waals surface area contributed by atoms with Crippen LogP contribution in [0.1, 0.15) is 11.1 Å². The minimum Gasteiger partial charge on any atom is -0.316 e. The van der Waals surface area contributed by atoms with Gasteiger partial charge in [0.25, 0.3) is 0 Å². The number of benzene rings is 2. The monoisotopic (exact) mass is 399 g/mol. The second-order valence-corrected chi connectivity index (χ2v) is 6.59. The van der Waals surface area contributed by atoms with Crippen molar-refractivity contribution in [1.29, 1.82) is 0 Å². The van der Waals surface area contributed by atoms with Gasteiger partial charge in [0.05, 0.1) is 0 Å².